The van der Waals surface area contributed by atoms with Crippen LogP contribution in [0.1, 0.15) is 55.7 Å². The molecule has 1 aliphatic rings. The van der Waals surface area contributed by atoms with Gasteiger partial charge >= 0.3 is 6.09 Å². The topological polar surface area (TPSA) is 94.3 Å². The molecule has 9 nitrogen and oxygen atoms in total. The second-order valence-electron chi connectivity index (χ2n) is 9.12. The average Bonchev–Trinajstić information content (AvgIpc) is 3.49. The standard InChI is InChI=1S/C24H30N6O3/c1-24(2,3)33-23(32)28-15-9-19(10-16-28)29-13-5-8-20(29)22(31)26-17-18-7-4-11-25-21(18)30-14-6-12-27-30/h4-8,11-14,19H,9-10,15-17H2,1-3H3,(H,26,31). The second-order valence-corrected chi connectivity index (χ2v) is 9.12. The lowest BCUT2D eigenvalue weighted by atomic mass is 10.0. The Bertz CT molecular complexity index is 1090. The van der Waals surface area contributed by atoms with E-state index in [0.29, 0.717) is 31.1 Å². The highest BCUT2D eigenvalue weighted by atomic mass is 16.6. The van der Waals surface area contributed by atoms with Gasteiger partial charge in [0.1, 0.15) is 11.3 Å². The lowest BCUT2D eigenvalue weighted by Gasteiger charge is -2.34. The van der Waals surface area contributed by atoms with Crippen molar-refractivity contribution in [3.05, 3.63) is 66.4 Å². The molecule has 0 unspecified atom stereocenters. The first-order chi connectivity index (χ1) is 15.8. The van der Waals surface area contributed by atoms with Crippen LogP contribution >= 0.6 is 0 Å². The van der Waals surface area contributed by atoms with Crippen LogP contribution in [0.15, 0.2) is 55.1 Å². The zero-order valence-electron chi connectivity index (χ0n) is 19.3. The van der Waals surface area contributed by atoms with Gasteiger partial charge in [-0.05, 0) is 57.9 Å². The number of nitrogens with zero attached hydrogens (tertiary/aromatic N) is 5. The van der Waals surface area contributed by atoms with Crippen LogP contribution in [0.5, 0.6) is 0 Å². The zero-order valence-corrected chi connectivity index (χ0v) is 19.3. The molecule has 0 radical (unpaired) electrons. The van der Waals surface area contributed by atoms with Gasteiger partial charge in [0.15, 0.2) is 5.82 Å². The Morgan fingerprint density at radius 3 is 2.58 bits per heavy atom. The highest BCUT2D eigenvalue weighted by Gasteiger charge is 2.28. The molecule has 3 aromatic heterocycles. The van der Waals surface area contributed by atoms with Gasteiger partial charge in [-0.25, -0.2) is 14.5 Å². The molecule has 9 heteroatoms. The Kier molecular flexibility index (Phi) is 6.48. The number of likely N-dealkylation sites (tertiary alicyclic amines) is 1. The normalized spacial score (nSPS) is 14.8. The molecule has 0 saturated carbocycles. The maximum atomic E-state index is 13.0. The third-order valence-corrected chi connectivity index (χ3v) is 5.55. The lowest BCUT2D eigenvalue weighted by molar-refractivity contribution is 0.0187. The molecule has 0 spiro atoms. The van der Waals surface area contributed by atoms with Crippen molar-refractivity contribution in [2.75, 3.05) is 13.1 Å². The Hall–Kier alpha value is -3.62. The Morgan fingerprint density at radius 1 is 1.09 bits per heavy atom. The molecule has 0 aliphatic carbocycles. The maximum absolute atomic E-state index is 13.0. The van der Waals surface area contributed by atoms with Crippen molar-refractivity contribution in [2.24, 2.45) is 0 Å². The molecule has 33 heavy (non-hydrogen) atoms. The summed E-state index contributed by atoms with van der Waals surface area (Å²) in [6.45, 7) is 7.14. The molecule has 4 heterocycles. The third-order valence-electron chi connectivity index (χ3n) is 5.55. The molecular formula is C24H30N6O3. The number of rotatable bonds is 5. The quantitative estimate of drug-likeness (QED) is 0.641. The van der Waals surface area contributed by atoms with Gasteiger partial charge in [-0.2, -0.15) is 5.10 Å². The highest BCUT2D eigenvalue weighted by molar-refractivity contribution is 5.92. The van der Waals surface area contributed by atoms with Crippen molar-refractivity contribution in [3.63, 3.8) is 0 Å². The summed E-state index contributed by atoms with van der Waals surface area (Å²) in [5, 5.41) is 7.25. The fourth-order valence-corrected chi connectivity index (χ4v) is 3.99. The molecule has 3 aromatic rings. The van der Waals surface area contributed by atoms with Crippen LogP contribution in [0.2, 0.25) is 0 Å². The molecule has 4 rings (SSSR count). The van der Waals surface area contributed by atoms with E-state index in [1.165, 1.54) is 0 Å². The highest BCUT2D eigenvalue weighted by Crippen LogP contribution is 2.26. The van der Waals surface area contributed by atoms with Crippen molar-refractivity contribution in [1.82, 2.24) is 29.5 Å². The fourth-order valence-electron chi connectivity index (χ4n) is 3.99. The van der Waals surface area contributed by atoms with E-state index < -0.39 is 5.60 Å². The summed E-state index contributed by atoms with van der Waals surface area (Å²) >= 11 is 0. The minimum atomic E-state index is -0.509. The molecule has 174 valence electrons. The van der Waals surface area contributed by atoms with E-state index in [-0.39, 0.29) is 18.0 Å². The summed E-state index contributed by atoms with van der Waals surface area (Å²) in [7, 11) is 0. The van der Waals surface area contributed by atoms with E-state index in [9.17, 15) is 9.59 Å². The molecule has 1 N–H and O–H groups in total. The number of pyridine rings is 1. The monoisotopic (exact) mass is 450 g/mol. The van der Waals surface area contributed by atoms with E-state index in [1.54, 1.807) is 22.0 Å². The van der Waals surface area contributed by atoms with Gasteiger partial charge in [-0.15, -0.1) is 0 Å². The Morgan fingerprint density at radius 2 is 1.88 bits per heavy atom. The molecule has 1 aliphatic heterocycles. The number of carbonyl (C=O) groups excluding carboxylic acids is 2. The summed E-state index contributed by atoms with van der Waals surface area (Å²) < 4.78 is 9.18. The predicted molar refractivity (Wildman–Crippen MR) is 123 cm³/mol. The summed E-state index contributed by atoms with van der Waals surface area (Å²) in [6, 6.07) is 9.46. The number of carbonyl (C=O) groups is 2. The first-order valence-electron chi connectivity index (χ1n) is 11.2. The van der Waals surface area contributed by atoms with Crippen LogP contribution in [0.25, 0.3) is 5.82 Å². The van der Waals surface area contributed by atoms with Crippen molar-refractivity contribution >= 4 is 12.0 Å². The van der Waals surface area contributed by atoms with Crippen LogP contribution in [-0.4, -0.2) is 54.9 Å². The molecule has 0 bridgehead atoms. The van der Waals surface area contributed by atoms with Gasteiger partial charge in [0, 0.05) is 56.0 Å². The van der Waals surface area contributed by atoms with Crippen LogP contribution < -0.4 is 5.32 Å². The first kappa shape index (κ1) is 22.6. The van der Waals surface area contributed by atoms with Gasteiger partial charge in [0.05, 0.1) is 0 Å². The zero-order chi connectivity index (χ0) is 23.4. The van der Waals surface area contributed by atoms with E-state index in [0.717, 1.165) is 18.4 Å². The fraction of sp³-hybridized carbons (Fsp3) is 0.417. The predicted octanol–water partition coefficient (Wildman–Crippen LogP) is 3.57. The summed E-state index contributed by atoms with van der Waals surface area (Å²) in [6.07, 6.45) is 8.40. The van der Waals surface area contributed by atoms with Crippen LogP contribution in [0, 0.1) is 0 Å². The van der Waals surface area contributed by atoms with E-state index in [1.807, 2.05) is 68.1 Å². The van der Waals surface area contributed by atoms with Crippen molar-refractivity contribution < 1.29 is 14.3 Å². The SMILES string of the molecule is CC(C)(C)OC(=O)N1CCC(n2cccc2C(=O)NCc2cccnc2-n2cccn2)CC1. The molecule has 0 atom stereocenters. The van der Waals surface area contributed by atoms with Crippen molar-refractivity contribution in [3.8, 4) is 5.82 Å². The van der Waals surface area contributed by atoms with Crippen LogP contribution in [-0.2, 0) is 11.3 Å². The number of hydrogen-bond donors (Lipinski definition) is 1. The number of nitrogens with one attached hydrogen (secondary N) is 1. The number of amides is 2. The minimum Gasteiger partial charge on any atom is -0.444 e. The Labute approximate surface area is 193 Å². The van der Waals surface area contributed by atoms with Crippen LogP contribution in [0.4, 0.5) is 4.79 Å². The molecular weight excluding hydrogens is 420 g/mol. The van der Waals surface area contributed by atoms with Crippen molar-refractivity contribution in [2.45, 2.75) is 51.8 Å². The Balaban J connectivity index is 1.38. The largest absolute Gasteiger partial charge is 0.444 e. The average molecular weight is 451 g/mol. The lowest BCUT2D eigenvalue weighted by Crippen LogP contribution is -2.42. The number of aromatic nitrogens is 4. The summed E-state index contributed by atoms with van der Waals surface area (Å²) in [4.78, 5) is 31.5. The molecule has 2 amide bonds. The first-order valence-corrected chi connectivity index (χ1v) is 11.2. The van der Waals surface area contributed by atoms with E-state index in [4.69, 9.17) is 4.74 Å². The van der Waals surface area contributed by atoms with E-state index >= 15 is 0 Å². The van der Waals surface area contributed by atoms with Gasteiger partial charge < -0.3 is 19.5 Å². The molecule has 1 saturated heterocycles. The summed E-state index contributed by atoms with van der Waals surface area (Å²) in [5.74, 6) is 0.539. The smallest absolute Gasteiger partial charge is 0.410 e. The number of piperidine rings is 1. The second kappa shape index (κ2) is 9.48. The van der Waals surface area contributed by atoms with Gasteiger partial charge in [-0.1, -0.05) is 6.07 Å². The van der Waals surface area contributed by atoms with Gasteiger partial charge in [-0.3, -0.25) is 4.79 Å². The number of ether oxygens (including phenoxy) is 1. The molecule has 1 fully saturated rings. The maximum Gasteiger partial charge on any atom is 0.410 e. The molecule has 0 aromatic carbocycles. The number of hydrogen-bond acceptors (Lipinski definition) is 5. The third kappa shape index (κ3) is 5.42. The van der Waals surface area contributed by atoms with Gasteiger partial charge in [0.2, 0.25) is 0 Å². The minimum absolute atomic E-state index is 0.148. The summed E-state index contributed by atoms with van der Waals surface area (Å²) in [5.41, 5.74) is 0.971. The van der Waals surface area contributed by atoms with Crippen LogP contribution in [0.3, 0.4) is 0 Å². The van der Waals surface area contributed by atoms with Gasteiger partial charge in [0.25, 0.3) is 5.91 Å². The van der Waals surface area contributed by atoms with E-state index in [2.05, 4.69) is 15.4 Å². The van der Waals surface area contributed by atoms with Crippen molar-refractivity contribution in [1.29, 1.82) is 0 Å².